The number of urea groups is 1. The highest BCUT2D eigenvalue weighted by atomic mass is 16.2. The Balaban J connectivity index is 2.43. The third-order valence-corrected chi connectivity index (χ3v) is 2.87. The van der Waals surface area contributed by atoms with Gasteiger partial charge in [0.15, 0.2) is 0 Å². The van der Waals surface area contributed by atoms with Gasteiger partial charge in [0.1, 0.15) is 6.04 Å². The number of nitrogens with one attached hydrogen (secondary N) is 3. The first-order chi connectivity index (χ1) is 9.92. The lowest BCUT2D eigenvalue weighted by atomic mass is 10.2. The van der Waals surface area contributed by atoms with Crippen molar-refractivity contribution in [1.82, 2.24) is 10.6 Å². The lowest BCUT2D eigenvalue weighted by molar-refractivity contribution is -0.122. The van der Waals surface area contributed by atoms with E-state index in [1.807, 2.05) is 26.0 Å². The number of hydrogen-bond acceptors (Lipinski definition) is 3. The molecule has 3 amide bonds. The number of anilines is 1. The maximum atomic E-state index is 11.8. The van der Waals surface area contributed by atoms with Gasteiger partial charge in [0.25, 0.3) is 0 Å². The molecule has 0 saturated carbocycles. The van der Waals surface area contributed by atoms with Crippen LogP contribution >= 0.6 is 0 Å². The molecule has 0 aliphatic carbocycles. The number of rotatable bonds is 6. The minimum atomic E-state index is -0.591. The van der Waals surface area contributed by atoms with E-state index in [0.29, 0.717) is 24.7 Å². The summed E-state index contributed by atoms with van der Waals surface area (Å²) in [6, 6.07) is 6.22. The third kappa shape index (κ3) is 6.27. The molecule has 0 bridgehead atoms. The van der Waals surface area contributed by atoms with Gasteiger partial charge in [-0.3, -0.25) is 4.79 Å². The van der Waals surface area contributed by atoms with Gasteiger partial charge in [0, 0.05) is 18.8 Å². The van der Waals surface area contributed by atoms with Crippen molar-refractivity contribution in [2.24, 2.45) is 11.7 Å². The van der Waals surface area contributed by atoms with Crippen LogP contribution < -0.4 is 21.7 Å². The van der Waals surface area contributed by atoms with Crippen LogP contribution in [0.4, 0.5) is 10.5 Å². The zero-order valence-corrected chi connectivity index (χ0v) is 12.8. The summed E-state index contributed by atoms with van der Waals surface area (Å²) in [6.07, 6.45) is 0. The van der Waals surface area contributed by atoms with E-state index < -0.39 is 12.1 Å². The maximum Gasteiger partial charge on any atom is 0.319 e. The predicted molar refractivity (Wildman–Crippen MR) is 83.8 cm³/mol. The summed E-state index contributed by atoms with van der Waals surface area (Å²) in [4.78, 5) is 23.5. The molecule has 0 radical (unpaired) electrons. The molecule has 1 aromatic carbocycles. The molecule has 21 heavy (non-hydrogen) atoms. The second-order valence-electron chi connectivity index (χ2n) is 5.36. The largest absolute Gasteiger partial charge is 0.354 e. The molecule has 5 N–H and O–H groups in total. The second-order valence-corrected chi connectivity index (χ2v) is 5.36. The van der Waals surface area contributed by atoms with Crippen LogP contribution in [0.1, 0.15) is 26.3 Å². The van der Waals surface area contributed by atoms with Crippen molar-refractivity contribution in [1.29, 1.82) is 0 Å². The summed E-state index contributed by atoms with van der Waals surface area (Å²) >= 11 is 0. The molecule has 1 atom stereocenters. The summed E-state index contributed by atoms with van der Waals surface area (Å²) in [5.74, 6) is 0.174. The van der Waals surface area contributed by atoms with E-state index in [1.165, 1.54) is 0 Å². The highest BCUT2D eigenvalue weighted by Crippen LogP contribution is 2.08. The number of nitrogens with two attached hydrogens (primary N) is 1. The molecule has 116 valence electrons. The van der Waals surface area contributed by atoms with Crippen LogP contribution in [0.25, 0.3) is 0 Å². The highest BCUT2D eigenvalue weighted by Gasteiger charge is 2.15. The summed E-state index contributed by atoms with van der Waals surface area (Å²) in [5, 5.41) is 8.04. The first kappa shape index (κ1) is 17.0. The fourth-order valence-corrected chi connectivity index (χ4v) is 1.61. The molecule has 0 aliphatic rings. The lowest BCUT2D eigenvalue weighted by Crippen LogP contribution is -2.47. The lowest BCUT2D eigenvalue weighted by Gasteiger charge is -2.15. The molecule has 0 saturated heterocycles. The molecular weight excluding hydrogens is 268 g/mol. The minimum Gasteiger partial charge on any atom is -0.354 e. The molecule has 1 unspecified atom stereocenters. The number of benzene rings is 1. The number of amides is 3. The van der Waals surface area contributed by atoms with Gasteiger partial charge >= 0.3 is 6.03 Å². The smallest absolute Gasteiger partial charge is 0.319 e. The molecule has 1 rings (SSSR count). The van der Waals surface area contributed by atoms with Crippen LogP contribution in [0.15, 0.2) is 24.3 Å². The molecular formula is C15H24N4O2. The van der Waals surface area contributed by atoms with Crippen LogP contribution in [0.5, 0.6) is 0 Å². The van der Waals surface area contributed by atoms with Crippen molar-refractivity contribution in [3.8, 4) is 0 Å². The second kappa shape index (κ2) is 8.26. The SMILES string of the molecule is CC(C)CNC(=O)C(C)NC(=O)Nc1ccc(CN)cc1. The molecule has 0 heterocycles. The summed E-state index contributed by atoms with van der Waals surface area (Å²) in [7, 11) is 0. The van der Waals surface area contributed by atoms with Crippen molar-refractivity contribution in [3.05, 3.63) is 29.8 Å². The van der Waals surface area contributed by atoms with Crippen molar-refractivity contribution < 1.29 is 9.59 Å². The summed E-state index contributed by atoms with van der Waals surface area (Å²) in [5.41, 5.74) is 7.15. The molecule has 0 aliphatic heterocycles. The Morgan fingerprint density at radius 2 is 1.76 bits per heavy atom. The Labute approximate surface area is 125 Å². The van der Waals surface area contributed by atoms with E-state index in [9.17, 15) is 9.59 Å². The third-order valence-electron chi connectivity index (χ3n) is 2.87. The first-order valence-corrected chi connectivity index (χ1v) is 7.06. The van der Waals surface area contributed by atoms with Gasteiger partial charge in [0.2, 0.25) is 5.91 Å². The average Bonchev–Trinajstić information content (AvgIpc) is 2.45. The van der Waals surface area contributed by atoms with Crippen LogP contribution in [-0.4, -0.2) is 24.5 Å². The van der Waals surface area contributed by atoms with E-state index in [-0.39, 0.29) is 5.91 Å². The quantitative estimate of drug-likeness (QED) is 0.638. The Kier molecular flexibility index (Phi) is 6.68. The van der Waals surface area contributed by atoms with E-state index >= 15 is 0 Å². The van der Waals surface area contributed by atoms with Gasteiger partial charge in [-0.25, -0.2) is 4.79 Å². The summed E-state index contributed by atoms with van der Waals surface area (Å²) in [6.45, 7) is 6.71. The standard InChI is InChI=1S/C15H24N4O2/c1-10(2)9-17-14(20)11(3)18-15(21)19-13-6-4-12(8-16)5-7-13/h4-7,10-11H,8-9,16H2,1-3H3,(H,17,20)(H2,18,19,21). The van der Waals surface area contributed by atoms with Crippen LogP contribution in [0.3, 0.4) is 0 Å². The zero-order chi connectivity index (χ0) is 15.8. The van der Waals surface area contributed by atoms with E-state index in [0.717, 1.165) is 5.56 Å². The average molecular weight is 292 g/mol. The topological polar surface area (TPSA) is 96.2 Å². The number of carbonyl (C=O) groups is 2. The monoisotopic (exact) mass is 292 g/mol. The molecule has 1 aromatic rings. The normalized spacial score (nSPS) is 11.9. The first-order valence-electron chi connectivity index (χ1n) is 7.06. The summed E-state index contributed by atoms with van der Waals surface area (Å²) < 4.78 is 0. The molecule has 6 nitrogen and oxygen atoms in total. The number of carbonyl (C=O) groups excluding carboxylic acids is 2. The van der Waals surface area contributed by atoms with Crippen molar-refractivity contribution in [2.45, 2.75) is 33.4 Å². The zero-order valence-electron chi connectivity index (χ0n) is 12.8. The molecule has 6 heteroatoms. The fraction of sp³-hybridized carbons (Fsp3) is 0.467. The van der Waals surface area contributed by atoms with Crippen molar-refractivity contribution in [2.75, 3.05) is 11.9 Å². The Bertz CT molecular complexity index is 471. The van der Waals surface area contributed by atoms with Gasteiger partial charge in [-0.15, -0.1) is 0 Å². The van der Waals surface area contributed by atoms with Crippen LogP contribution in [0.2, 0.25) is 0 Å². The van der Waals surface area contributed by atoms with Crippen LogP contribution in [0, 0.1) is 5.92 Å². The van der Waals surface area contributed by atoms with E-state index in [2.05, 4.69) is 16.0 Å². The predicted octanol–water partition coefficient (Wildman–Crippen LogP) is 1.43. The molecule has 0 aromatic heterocycles. The van der Waals surface area contributed by atoms with Crippen molar-refractivity contribution >= 4 is 17.6 Å². The molecule has 0 fully saturated rings. The minimum absolute atomic E-state index is 0.197. The number of hydrogen-bond donors (Lipinski definition) is 4. The fourth-order valence-electron chi connectivity index (χ4n) is 1.61. The van der Waals surface area contributed by atoms with Crippen LogP contribution in [-0.2, 0) is 11.3 Å². The van der Waals surface area contributed by atoms with Gasteiger partial charge in [-0.1, -0.05) is 26.0 Å². The molecule has 0 spiro atoms. The Morgan fingerprint density at radius 3 is 2.29 bits per heavy atom. The van der Waals surface area contributed by atoms with Gasteiger partial charge in [-0.2, -0.15) is 0 Å². The van der Waals surface area contributed by atoms with E-state index in [4.69, 9.17) is 5.73 Å². The van der Waals surface area contributed by atoms with Crippen molar-refractivity contribution in [3.63, 3.8) is 0 Å². The van der Waals surface area contributed by atoms with Gasteiger partial charge in [-0.05, 0) is 30.5 Å². The Hall–Kier alpha value is -2.08. The van der Waals surface area contributed by atoms with Gasteiger partial charge < -0.3 is 21.7 Å². The maximum absolute atomic E-state index is 11.8. The highest BCUT2D eigenvalue weighted by molar-refractivity contribution is 5.93. The van der Waals surface area contributed by atoms with E-state index in [1.54, 1.807) is 19.1 Å². The Morgan fingerprint density at radius 1 is 1.14 bits per heavy atom. The van der Waals surface area contributed by atoms with Gasteiger partial charge in [0.05, 0.1) is 0 Å².